The van der Waals surface area contributed by atoms with E-state index in [9.17, 15) is 0 Å². The second-order valence-corrected chi connectivity index (χ2v) is 6.49. The highest BCUT2D eigenvalue weighted by Crippen LogP contribution is 2.18. The van der Waals surface area contributed by atoms with Gasteiger partial charge in [0.25, 0.3) is 0 Å². The third kappa shape index (κ3) is 7.86. The average molecular weight is 290 g/mol. The van der Waals surface area contributed by atoms with Crippen molar-refractivity contribution >= 4 is 0 Å². The predicted molar refractivity (Wildman–Crippen MR) is 89.7 cm³/mol. The molecule has 0 saturated carbocycles. The van der Waals surface area contributed by atoms with E-state index < -0.39 is 0 Å². The van der Waals surface area contributed by atoms with Crippen molar-refractivity contribution in [1.82, 2.24) is 10.3 Å². The number of aryl methyl sites for hydroxylation is 1. The number of hydrogen-bond acceptors (Lipinski definition) is 3. The fourth-order valence-corrected chi connectivity index (χ4v) is 1.95. The Labute approximate surface area is 129 Å². The zero-order valence-corrected chi connectivity index (χ0v) is 14.0. The summed E-state index contributed by atoms with van der Waals surface area (Å²) in [7, 11) is 0. The molecule has 0 unspecified atom stereocenters. The van der Waals surface area contributed by atoms with Crippen molar-refractivity contribution in [2.24, 2.45) is 0 Å². The van der Waals surface area contributed by atoms with Crippen LogP contribution < -0.4 is 10.1 Å². The maximum Gasteiger partial charge on any atom is 0.142 e. The molecule has 1 aromatic heterocycles. The predicted octanol–water partition coefficient (Wildman–Crippen LogP) is 4.40. The van der Waals surface area contributed by atoms with Crippen LogP contribution in [0.2, 0.25) is 0 Å². The Morgan fingerprint density at radius 2 is 2.00 bits per heavy atom. The standard InChI is InChI=1S/C18H30N2O/c1-6-7-8-9-10-13-21-17-12-11-15(2)20-16(17)14-19-18(3,4)5/h6,11-12,19H,1,7-10,13-14H2,2-5H3. The van der Waals surface area contributed by atoms with Gasteiger partial charge in [-0.15, -0.1) is 6.58 Å². The Kier molecular flexibility index (Phi) is 7.44. The smallest absolute Gasteiger partial charge is 0.142 e. The van der Waals surface area contributed by atoms with Crippen molar-refractivity contribution in [2.45, 2.75) is 65.5 Å². The molecule has 0 radical (unpaired) electrons. The first kappa shape index (κ1) is 17.7. The largest absolute Gasteiger partial charge is 0.492 e. The molecule has 0 aromatic carbocycles. The lowest BCUT2D eigenvalue weighted by Crippen LogP contribution is -2.35. The molecule has 1 N–H and O–H groups in total. The summed E-state index contributed by atoms with van der Waals surface area (Å²) in [4.78, 5) is 4.60. The SMILES string of the molecule is C=CCCCCCOc1ccc(C)nc1CNC(C)(C)C. The Morgan fingerprint density at radius 1 is 1.24 bits per heavy atom. The zero-order valence-electron chi connectivity index (χ0n) is 14.0. The van der Waals surface area contributed by atoms with E-state index in [-0.39, 0.29) is 5.54 Å². The molecule has 1 heterocycles. The lowest BCUT2D eigenvalue weighted by molar-refractivity contribution is 0.298. The van der Waals surface area contributed by atoms with E-state index in [2.05, 4.69) is 37.7 Å². The van der Waals surface area contributed by atoms with Crippen LogP contribution in [-0.2, 0) is 6.54 Å². The Balaban J connectivity index is 2.50. The van der Waals surface area contributed by atoms with Gasteiger partial charge in [-0.05, 0) is 65.5 Å². The number of ether oxygens (including phenoxy) is 1. The van der Waals surface area contributed by atoms with Crippen LogP contribution >= 0.6 is 0 Å². The molecular weight excluding hydrogens is 260 g/mol. The van der Waals surface area contributed by atoms with Gasteiger partial charge in [-0.25, -0.2) is 0 Å². The molecular formula is C18H30N2O. The van der Waals surface area contributed by atoms with E-state index in [1.807, 2.05) is 25.1 Å². The normalized spacial score (nSPS) is 11.4. The van der Waals surface area contributed by atoms with Gasteiger partial charge in [0.15, 0.2) is 0 Å². The molecule has 3 heteroatoms. The van der Waals surface area contributed by atoms with Gasteiger partial charge in [0.1, 0.15) is 5.75 Å². The number of pyridine rings is 1. The third-order valence-electron chi connectivity index (χ3n) is 3.17. The van der Waals surface area contributed by atoms with Crippen molar-refractivity contribution in [3.8, 4) is 5.75 Å². The molecule has 0 atom stereocenters. The molecule has 0 bridgehead atoms. The summed E-state index contributed by atoms with van der Waals surface area (Å²) in [5, 5.41) is 3.47. The van der Waals surface area contributed by atoms with Crippen molar-refractivity contribution in [2.75, 3.05) is 6.61 Å². The molecule has 1 rings (SSSR count). The lowest BCUT2D eigenvalue weighted by Gasteiger charge is -2.21. The highest BCUT2D eigenvalue weighted by molar-refractivity contribution is 5.29. The Bertz CT molecular complexity index is 435. The molecule has 0 aliphatic heterocycles. The molecule has 0 aliphatic rings. The van der Waals surface area contributed by atoms with Crippen LogP contribution in [0, 0.1) is 6.92 Å². The highest BCUT2D eigenvalue weighted by Gasteiger charge is 2.12. The maximum atomic E-state index is 5.91. The summed E-state index contributed by atoms with van der Waals surface area (Å²) in [6.45, 7) is 13.7. The minimum atomic E-state index is 0.0768. The maximum absolute atomic E-state index is 5.91. The molecule has 0 spiro atoms. The highest BCUT2D eigenvalue weighted by atomic mass is 16.5. The van der Waals surface area contributed by atoms with Crippen molar-refractivity contribution in [3.05, 3.63) is 36.2 Å². The van der Waals surface area contributed by atoms with Crippen LogP contribution in [0.15, 0.2) is 24.8 Å². The number of nitrogens with one attached hydrogen (secondary N) is 1. The molecule has 1 aromatic rings. The number of rotatable bonds is 9. The molecule has 0 aliphatic carbocycles. The number of unbranched alkanes of at least 4 members (excludes halogenated alkanes) is 3. The minimum absolute atomic E-state index is 0.0768. The van der Waals surface area contributed by atoms with Crippen LogP contribution in [0.3, 0.4) is 0 Å². The van der Waals surface area contributed by atoms with Gasteiger partial charge in [0.2, 0.25) is 0 Å². The van der Waals surface area contributed by atoms with Gasteiger partial charge in [-0.3, -0.25) is 4.98 Å². The van der Waals surface area contributed by atoms with Gasteiger partial charge < -0.3 is 10.1 Å². The van der Waals surface area contributed by atoms with Gasteiger partial charge in [-0.2, -0.15) is 0 Å². The first-order valence-electron chi connectivity index (χ1n) is 7.87. The van der Waals surface area contributed by atoms with Gasteiger partial charge in [0.05, 0.1) is 12.3 Å². The van der Waals surface area contributed by atoms with Crippen LogP contribution in [0.5, 0.6) is 5.75 Å². The summed E-state index contributed by atoms with van der Waals surface area (Å²) in [6.07, 6.45) is 6.51. The summed E-state index contributed by atoms with van der Waals surface area (Å²) in [5.41, 5.74) is 2.10. The van der Waals surface area contributed by atoms with Crippen LogP contribution in [0.1, 0.15) is 57.8 Å². The summed E-state index contributed by atoms with van der Waals surface area (Å²) >= 11 is 0. The van der Waals surface area contributed by atoms with Crippen molar-refractivity contribution < 1.29 is 4.74 Å². The fourth-order valence-electron chi connectivity index (χ4n) is 1.95. The number of nitrogens with zero attached hydrogens (tertiary/aromatic N) is 1. The van der Waals surface area contributed by atoms with E-state index in [0.717, 1.165) is 43.1 Å². The second-order valence-electron chi connectivity index (χ2n) is 6.49. The van der Waals surface area contributed by atoms with E-state index in [1.165, 1.54) is 12.8 Å². The number of hydrogen-bond donors (Lipinski definition) is 1. The van der Waals surface area contributed by atoms with E-state index >= 15 is 0 Å². The van der Waals surface area contributed by atoms with E-state index in [4.69, 9.17) is 4.74 Å². The quantitative estimate of drug-likeness (QED) is 0.540. The molecule has 118 valence electrons. The van der Waals surface area contributed by atoms with Crippen molar-refractivity contribution in [1.29, 1.82) is 0 Å². The Morgan fingerprint density at radius 3 is 2.67 bits per heavy atom. The van der Waals surface area contributed by atoms with E-state index in [0.29, 0.717) is 0 Å². The molecule has 0 fully saturated rings. The zero-order chi connectivity index (χ0) is 15.7. The van der Waals surface area contributed by atoms with E-state index in [1.54, 1.807) is 0 Å². The second kappa shape index (κ2) is 8.83. The topological polar surface area (TPSA) is 34.1 Å². The number of aromatic nitrogens is 1. The van der Waals surface area contributed by atoms with Gasteiger partial charge >= 0.3 is 0 Å². The first-order chi connectivity index (χ1) is 9.92. The Hall–Kier alpha value is -1.35. The molecule has 0 saturated heterocycles. The summed E-state index contributed by atoms with van der Waals surface area (Å²) < 4.78 is 5.91. The molecule has 21 heavy (non-hydrogen) atoms. The first-order valence-corrected chi connectivity index (χ1v) is 7.87. The minimum Gasteiger partial charge on any atom is -0.492 e. The van der Waals surface area contributed by atoms with Crippen LogP contribution in [0.25, 0.3) is 0 Å². The van der Waals surface area contributed by atoms with Crippen LogP contribution in [0.4, 0.5) is 0 Å². The fraction of sp³-hybridized carbons (Fsp3) is 0.611. The average Bonchev–Trinajstić information content (AvgIpc) is 2.41. The monoisotopic (exact) mass is 290 g/mol. The van der Waals surface area contributed by atoms with Gasteiger partial charge in [-0.1, -0.05) is 6.08 Å². The molecule has 3 nitrogen and oxygen atoms in total. The lowest BCUT2D eigenvalue weighted by atomic mass is 10.1. The summed E-state index contributed by atoms with van der Waals surface area (Å²) in [6, 6.07) is 4.04. The summed E-state index contributed by atoms with van der Waals surface area (Å²) in [5.74, 6) is 0.904. The third-order valence-corrected chi connectivity index (χ3v) is 3.17. The molecule has 0 amide bonds. The number of allylic oxidation sites excluding steroid dienone is 1. The van der Waals surface area contributed by atoms with Gasteiger partial charge in [0, 0.05) is 17.8 Å². The van der Waals surface area contributed by atoms with Crippen LogP contribution in [-0.4, -0.2) is 17.1 Å². The van der Waals surface area contributed by atoms with Crippen molar-refractivity contribution in [3.63, 3.8) is 0 Å².